The quantitative estimate of drug-likeness (QED) is 0.866. The lowest BCUT2D eigenvalue weighted by Gasteiger charge is -2.62. The lowest BCUT2D eigenvalue weighted by atomic mass is 9.45. The van der Waals surface area contributed by atoms with Crippen LogP contribution >= 0.6 is 0 Å². The predicted octanol–water partition coefficient (Wildman–Crippen LogP) is 2.16. The number of nitrogens with zero attached hydrogens (tertiary/aromatic N) is 2. The van der Waals surface area contributed by atoms with E-state index in [1.54, 1.807) is 4.90 Å². The molecule has 1 N–H and O–H groups in total. The number of carbonyl (C=O) groups excluding carboxylic acids is 1. The molecule has 116 valence electrons. The van der Waals surface area contributed by atoms with Crippen LogP contribution in [0, 0.1) is 34.5 Å². The molecule has 5 atom stereocenters. The molecule has 3 saturated carbocycles. The van der Waals surface area contributed by atoms with Crippen LogP contribution in [0.3, 0.4) is 0 Å². The van der Waals surface area contributed by atoms with Crippen LogP contribution in [0.5, 0.6) is 0 Å². The smallest absolute Gasteiger partial charge is 0.237 e. The third kappa shape index (κ3) is 2.36. The Hall–Kier alpha value is -1.08. The van der Waals surface area contributed by atoms with Crippen molar-refractivity contribution in [3.05, 3.63) is 0 Å². The van der Waals surface area contributed by atoms with Crippen LogP contribution in [0.1, 0.15) is 46.5 Å². The lowest BCUT2D eigenvalue weighted by molar-refractivity contribution is -0.133. The van der Waals surface area contributed by atoms with Gasteiger partial charge in [-0.25, -0.2) is 0 Å². The molecule has 4 fully saturated rings. The first-order valence-corrected chi connectivity index (χ1v) is 8.37. The van der Waals surface area contributed by atoms with Crippen LogP contribution in [0.2, 0.25) is 0 Å². The van der Waals surface area contributed by atoms with Crippen molar-refractivity contribution in [2.24, 2.45) is 23.2 Å². The molecule has 0 radical (unpaired) electrons. The average Bonchev–Trinajstić information content (AvgIpc) is 2.93. The summed E-state index contributed by atoms with van der Waals surface area (Å²) in [5.41, 5.74) is 0.489. The van der Waals surface area contributed by atoms with E-state index in [0.29, 0.717) is 23.9 Å². The molecule has 4 heteroatoms. The highest BCUT2D eigenvalue weighted by Gasteiger charge is 2.56. The minimum absolute atomic E-state index is 0.102. The van der Waals surface area contributed by atoms with E-state index in [2.05, 4.69) is 32.2 Å². The molecule has 1 amide bonds. The molecule has 2 bridgehead atoms. The summed E-state index contributed by atoms with van der Waals surface area (Å²) in [6.45, 7) is 8.26. The van der Waals surface area contributed by atoms with Gasteiger partial charge in [-0.15, -0.1) is 0 Å². The Morgan fingerprint density at radius 2 is 2.19 bits per heavy atom. The third-order valence-electron chi connectivity index (χ3n) is 6.59. The zero-order chi connectivity index (χ0) is 15.2. The highest BCUT2D eigenvalue weighted by Crippen LogP contribution is 2.61. The van der Waals surface area contributed by atoms with Gasteiger partial charge >= 0.3 is 0 Å². The third-order valence-corrected chi connectivity index (χ3v) is 6.59. The number of nitriles is 1. The van der Waals surface area contributed by atoms with Crippen LogP contribution in [-0.4, -0.2) is 36.0 Å². The highest BCUT2D eigenvalue weighted by atomic mass is 16.2. The molecule has 0 aromatic carbocycles. The van der Waals surface area contributed by atoms with Gasteiger partial charge in [0, 0.05) is 12.6 Å². The topological polar surface area (TPSA) is 56.1 Å². The standard InChI is InChI=1S/C17H27N3O/c1-11-14-7-12(17(14,2)3)8-15(11)19-10-16(21)20-6-4-5-13(20)9-18/h11-15,19H,4-8,10H2,1-3H3/t11-,12+,13-,14-,15-/m0/s1. The number of nitrogens with one attached hydrogen (secondary N) is 1. The first-order chi connectivity index (χ1) is 9.95. The summed E-state index contributed by atoms with van der Waals surface area (Å²) in [4.78, 5) is 14.1. The van der Waals surface area contributed by atoms with Gasteiger partial charge in [0.1, 0.15) is 6.04 Å². The van der Waals surface area contributed by atoms with Gasteiger partial charge in [-0.2, -0.15) is 5.26 Å². The Morgan fingerprint density at radius 1 is 1.43 bits per heavy atom. The molecular weight excluding hydrogens is 262 g/mol. The van der Waals surface area contributed by atoms with E-state index in [9.17, 15) is 4.79 Å². The minimum atomic E-state index is -0.199. The molecule has 1 heterocycles. The molecule has 1 aliphatic heterocycles. The number of carbonyl (C=O) groups is 1. The summed E-state index contributed by atoms with van der Waals surface area (Å²) in [5, 5.41) is 12.6. The van der Waals surface area contributed by atoms with Crippen LogP contribution in [-0.2, 0) is 4.79 Å². The van der Waals surface area contributed by atoms with E-state index in [0.717, 1.165) is 31.2 Å². The van der Waals surface area contributed by atoms with Crippen molar-refractivity contribution >= 4 is 5.91 Å². The van der Waals surface area contributed by atoms with Gasteiger partial charge < -0.3 is 10.2 Å². The second-order valence-electron chi connectivity index (χ2n) is 7.82. The van der Waals surface area contributed by atoms with E-state index in [1.165, 1.54) is 12.8 Å². The molecule has 0 spiro atoms. The average molecular weight is 289 g/mol. The number of likely N-dealkylation sites (tertiary alicyclic amines) is 1. The number of hydrogen-bond donors (Lipinski definition) is 1. The molecule has 4 nitrogen and oxygen atoms in total. The normalized spacial score (nSPS) is 40.5. The minimum Gasteiger partial charge on any atom is -0.326 e. The molecular formula is C17H27N3O. The summed E-state index contributed by atoms with van der Waals surface area (Å²) >= 11 is 0. The van der Waals surface area contributed by atoms with Crippen molar-refractivity contribution in [2.45, 2.75) is 58.5 Å². The van der Waals surface area contributed by atoms with Crippen LogP contribution in [0.4, 0.5) is 0 Å². The maximum atomic E-state index is 12.3. The van der Waals surface area contributed by atoms with E-state index < -0.39 is 0 Å². The van der Waals surface area contributed by atoms with Gasteiger partial charge in [0.25, 0.3) is 0 Å². The summed E-state index contributed by atoms with van der Waals surface area (Å²) in [6, 6.07) is 2.51. The number of rotatable bonds is 3. The van der Waals surface area contributed by atoms with E-state index in [-0.39, 0.29) is 11.9 Å². The summed E-state index contributed by atoms with van der Waals surface area (Å²) < 4.78 is 0. The first kappa shape index (κ1) is 14.8. The molecule has 4 aliphatic rings. The van der Waals surface area contributed by atoms with Gasteiger partial charge in [-0.3, -0.25) is 4.79 Å². The van der Waals surface area contributed by atoms with Crippen molar-refractivity contribution in [1.82, 2.24) is 10.2 Å². The molecule has 0 unspecified atom stereocenters. The van der Waals surface area contributed by atoms with Crippen LogP contribution in [0.15, 0.2) is 0 Å². The van der Waals surface area contributed by atoms with Crippen molar-refractivity contribution in [3.63, 3.8) is 0 Å². The SMILES string of the molecule is C[C@@H]1[C@@H](NCC(=O)N2CCC[C@H]2C#N)C[C@H]2C[C@@H]1C2(C)C. The van der Waals surface area contributed by atoms with Crippen molar-refractivity contribution in [3.8, 4) is 6.07 Å². The number of amides is 1. The van der Waals surface area contributed by atoms with Crippen molar-refractivity contribution < 1.29 is 4.79 Å². The summed E-state index contributed by atoms with van der Waals surface area (Å²) in [5.74, 6) is 2.35. The molecule has 21 heavy (non-hydrogen) atoms. The highest BCUT2D eigenvalue weighted by molar-refractivity contribution is 5.79. The zero-order valence-corrected chi connectivity index (χ0v) is 13.4. The molecule has 1 saturated heterocycles. The Morgan fingerprint density at radius 3 is 2.81 bits per heavy atom. The monoisotopic (exact) mass is 289 g/mol. The van der Waals surface area contributed by atoms with Crippen LogP contribution < -0.4 is 5.32 Å². The first-order valence-electron chi connectivity index (χ1n) is 8.37. The molecule has 0 aromatic rings. The molecule has 0 aromatic heterocycles. The van der Waals surface area contributed by atoms with Crippen LogP contribution in [0.25, 0.3) is 0 Å². The van der Waals surface area contributed by atoms with E-state index in [4.69, 9.17) is 5.26 Å². The van der Waals surface area contributed by atoms with Crippen molar-refractivity contribution in [2.75, 3.05) is 13.1 Å². The molecule has 4 rings (SSSR count). The van der Waals surface area contributed by atoms with Crippen molar-refractivity contribution in [1.29, 1.82) is 5.26 Å². The maximum absolute atomic E-state index is 12.3. The Bertz CT molecular complexity index is 467. The molecule has 3 aliphatic carbocycles. The van der Waals surface area contributed by atoms with Gasteiger partial charge in [-0.05, 0) is 48.9 Å². The Labute approximate surface area is 127 Å². The fourth-order valence-electron chi connectivity index (χ4n) is 4.94. The van der Waals surface area contributed by atoms with Gasteiger partial charge in [0.15, 0.2) is 0 Å². The number of fused-ring (bicyclic) bond motifs is 2. The second-order valence-corrected chi connectivity index (χ2v) is 7.82. The lowest BCUT2D eigenvalue weighted by Crippen LogP contribution is -2.60. The van der Waals surface area contributed by atoms with E-state index >= 15 is 0 Å². The summed E-state index contributed by atoms with van der Waals surface area (Å²) in [6.07, 6.45) is 4.35. The van der Waals surface area contributed by atoms with Gasteiger partial charge in [0.05, 0.1) is 12.6 Å². The maximum Gasteiger partial charge on any atom is 0.237 e. The zero-order valence-electron chi connectivity index (χ0n) is 13.4. The Balaban J connectivity index is 1.52. The van der Waals surface area contributed by atoms with Gasteiger partial charge in [0.2, 0.25) is 5.91 Å². The largest absolute Gasteiger partial charge is 0.326 e. The summed E-state index contributed by atoms with van der Waals surface area (Å²) in [7, 11) is 0. The second kappa shape index (κ2) is 5.28. The fraction of sp³-hybridized carbons (Fsp3) is 0.882. The van der Waals surface area contributed by atoms with Gasteiger partial charge in [-0.1, -0.05) is 20.8 Å². The fourth-order valence-corrected chi connectivity index (χ4v) is 4.94. The Kier molecular flexibility index (Phi) is 3.73. The van der Waals surface area contributed by atoms with E-state index in [1.807, 2.05) is 0 Å². The predicted molar refractivity (Wildman–Crippen MR) is 81.3 cm³/mol. The number of hydrogen-bond acceptors (Lipinski definition) is 3.